The number of nitrogens with one attached hydrogen (secondary N) is 2. The third-order valence-corrected chi connectivity index (χ3v) is 6.18. The molecule has 0 bridgehead atoms. The van der Waals surface area contributed by atoms with Crippen molar-refractivity contribution in [2.24, 2.45) is 0 Å². The zero-order chi connectivity index (χ0) is 19.3. The first-order valence-corrected chi connectivity index (χ1v) is 10.2. The standard InChI is InChI=1S/C18H24N4O2S2/c1-5-22(6-2)26(23,24)15-11-10-13(3)16(12-15)20-18(25)21-17-9-7-8-14(4)19-17/h7-12H,5-6H2,1-4H3,(H2,19,20,21,25). The minimum Gasteiger partial charge on any atom is -0.332 e. The van der Waals surface area contributed by atoms with Crippen molar-refractivity contribution >= 4 is 38.9 Å². The van der Waals surface area contributed by atoms with Crippen LogP contribution in [0.3, 0.4) is 0 Å². The van der Waals surface area contributed by atoms with Crippen LogP contribution in [-0.2, 0) is 10.0 Å². The molecule has 0 aliphatic carbocycles. The fourth-order valence-corrected chi connectivity index (χ4v) is 4.19. The summed E-state index contributed by atoms with van der Waals surface area (Å²) in [5, 5.41) is 6.42. The lowest BCUT2D eigenvalue weighted by Gasteiger charge is -2.20. The molecule has 1 aromatic heterocycles. The summed E-state index contributed by atoms with van der Waals surface area (Å²) in [6, 6.07) is 10.6. The Hall–Kier alpha value is -2.03. The number of aryl methyl sites for hydroxylation is 2. The molecule has 0 radical (unpaired) electrons. The summed E-state index contributed by atoms with van der Waals surface area (Å²) in [6.45, 7) is 8.28. The molecule has 0 aliphatic heterocycles. The maximum atomic E-state index is 12.7. The van der Waals surface area contributed by atoms with Crippen molar-refractivity contribution < 1.29 is 8.42 Å². The van der Waals surface area contributed by atoms with Gasteiger partial charge >= 0.3 is 0 Å². The number of benzene rings is 1. The van der Waals surface area contributed by atoms with Gasteiger partial charge in [-0.2, -0.15) is 4.31 Å². The van der Waals surface area contributed by atoms with Gasteiger partial charge in [-0.05, 0) is 55.9 Å². The van der Waals surface area contributed by atoms with Gasteiger partial charge in [-0.15, -0.1) is 0 Å². The second-order valence-corrected chi connectivity index (χ2v) is 8.16. The summed E-state index contributed by atoms with van der Waals surface area (Å²) in [6.07, 6.45) is 0. The van der Waals surface area contributed by atoms with Crippen LogP contribution in [0.4, 0.5) is 11.5 Å². The van der Waals surface area contributed by atoms with E-state index in [9.17, 15) is 8.42 Å². The molecule has 0 saturated carbocycles. The van der Waals surface area contributed by atoms with E-state index < -0.39 is 10.0 Å². The molecule has 2 aromatic rings. The van der Waals surface area contributed by atoms with Crippen molar-refractivity contribution in [3.05, 3.63) is 47.7 Å². The molecule has 1 aromatic carbocycles. The number of nitrogens with zero attached hydrogens (tertiary/aromatic N) is 2. The van der Waals surface area contributed by atoms with E-state index in [4.69, 9.17) is 12.2 Å². The highest BCUT2D eigenvalue weighted by atomic mass is 32.2. The molecular weight excluding hydrogens is 368 g/mol. The first-order valence-electron chi connectivity index (χ1n) is 8.40. The zero-order valence-corrected chi connectivity index (χ0v) is 17.0. The van der Waals surface area contributed by atoms with Gasteiger partial charge in [0, 0.05) is 24.5 Å². The number of rotatable bonds is 6. The summed E-state index contributed by atoms with van der Waals surface area (Å²) in [7, 11) is -3.52. The molecule has 0 amide bonds. The van der Waals surface area contributed by atoms with Crippen molar-refractivity contribution in [2.45, 2.75) is 32.6 Å². The molecule has 0 atom stereocenters. The van der Waals surface area contributed by atoms with Crippen molar-refractivity contribution in [1.29, 1.82) is 0 Å². The minimum atomic E-state index is -3.52. The third kappa shape index (κ3) is 4.78. The van der Waals surface area contributed by atoms with Crippen molar-refractivity contribution in [1.82, 2.24) is 9.29 Å². The zero-order valence-electron chi connectivity index (χ0n) is 15.4. The molecule has 2 rings (SSSR count). The molecular formula is C18H24N4O2S2. The number of pyridine rings is 1. The number of hydrogen-bond acceptors (Lipinski definition) is 4. The largest absolute Gasteiger partial charge is 0.332 e. The van der Waals surface area contributed by atoms with Gasteiger partial charge in [0.25, 0.3) is 0 Å². The lowest BCUT2D eigenvalue weighted by Crippen LogP contribution is -2.30. The van der Waals surface area contributed by atoms with Crippen LogP contribution in [0.15, 0.2) is 41.3 Å². The Balaban J connectivity index is 2.23. The van der Waals surface area contributed by atoms with E-state index in [1.54, 1.807) is 18.2 Å². The summed E-state index contributed by atoms with van der Waals surface area (Å²) in [5.74, 6) is 0.632. The van der Waals surface area contributed by atoms with E-state index in [1.165, 1.54) is 4.31 Å². The second-order valence-electron chi connectivity index (χ2n) is 5.81. The van der Waals surface area contributed by atoms with Gasteiger partial charge in [-0.25, -0.2) is 13.4 Å². The van der Waals surface area contributed by atoms with E-state index in [2.05, 4.69) is 15.6 Å². The maximum absolute atomic E-state index is 12.7. The number of aromatic nitrogens is 1. The molecule has 0 fully saturated rings. The average Bonchev–Trinajstić information content (AvgIpc) is 2.57. The van der Waals surface area contributed by atoms with E-state index in [0.29, 0.717) is 29.7 Å². The molecule has 6 nitrogen and oxygen atoms in total. The van der Waals surface area contributed by atoms with Crippen LogP contribution in [0.1, 0.15) is 25.1 Å². The Morgan fingerprint density at radius 3 is 2.42 bits per heavy atom. The van der Waals surface area contributed by atoms with Crippen LogP contribution < -0.4 is 10.6 Å². The van der Waals surface area contributed by atoms with Gasteiger partial charge in [0.15, 0.2) is 5.11 Å². The Bertz CT molecular complexity index is 894. The van der Waals surface area contributed by atoms with Crippen LogP contribution in [0, 0.1) is 13.8 Å². The Kier molecular flexibility index (Phi) is 6.69. The van der Waals surface area contributed by atoms with Crippen LogP contribution in [-0.4, -0.2) is 35.9 Å². The van der Waals surface area contributed by atoms with Crippen molar-refractivity contribution in [3.8, 4) is 0 Å². The molecule has 0 spiro atoms. The van der Waals surface area contributed by atoms with Crippen LogP contribution >= 0.6 is 12.2 Å². The Morgan fingerprint density at radius 1 is 1.12 bits per heavy atom. The lowest BCUT2D eigenvalue weighted by atomic mass is 10.2. The number of hydrogen-bond donors (Lipinski definition) is 2. The fourth-order valence-electron chi connectivity index (χ4n) is 2.49. The number of sulfonamides is 1. The van der Waals surface area contributed by atoms with Gasteiger partial charge in [0.05, 0.1) is 4.90 Å². The second kappa shape index (κ2) is 8.57. The Labute approximate surface area is 160 Å². The first kappa shape index (κ1) is 20.3. The molecule has 8 heteroatoms. The summed E-state index contributed by atoms with van der Waals surface area (Å²) < 4.78 is 26.8. The fraction of sp³-hybridized carbons (Fsp3) is 0.333. The monoisotopic (exact) mass is 392 g/mol. The quantitative estimate of drug-likeness (QED) is 0.733. The lowest BCUT2D eigenvalue weighted by molar-refractivity contribution is 0.445. The van der Waals surface area contributed by atoms with Crippen LogP contribution in [0.2, 0.25) is 0 Å². The van der Waals surface area contributed by atoms with E-state index in [0.717, 1.165) is 11.3 Å². The first-order chi connectivity index (χ1) is 12.3. The van der Waals surface area contributed by atoms with Crippen molar-refractivity contribution in [2.75, 3.05) is 23.7 Å². The summed E-state index contributed by atoms with van der Waals surface area (Å²) >= 11 is 5.33. The van der Waals surface area contributed by atoms with E-state index in [-0.39, 0.29) is 4.90 Å². The summed E-state index contributed by atoms with van der Waals surface area (Å²) in [5.41, 5.74) is 2.41. The maximum Gasteiger partial charge on any atom is 0.243 e. The van der Waals surface area contributed by atoms with Gasteiger partial charge < -0.3 is 10.6 Å². The van der Waals surface area contributed by atoms with Gasteiger partial charge in [0.1, 0.15) is 5.82 Å². The van der Waals surface area contributed by atoms with E-state index in [1.807, 2.05) is 45.9 Å². The van der Waals surface area contributed by atoms with Gasteiger partial charge in [-0.3, -0.25) is 0 Å². The molecule has 26 heavy (non-hydrogen) atoms. The van der Waals surface area contributed by atoms with Crippen molar-refractivity contribution in [3.63, 3.8) is 0 Å². The molecule has 1 heterocycles. The number of anilines is 2. The van der Waals surface area contributed by atoms with Crippen LogP contribution in [0.5, 0.6) is 0 Å². The summed E-state index contributed by atoms with van der Waals surface area (Å²) in [4.78, 5) is 4.58. The minimum absolute atomic E-state index is 0.241. The highest BCUT2D eigenvalue weighted by Gasteiger charge is 2.22. The smallest absolute Gasteiger partial charge is 0.243 e. The molecule has 0 unspecified atom stereocenters. The SMILES string of the molecule is CCN(CC)S(=O)(=O)c1ccc(C)c(NC(=S)Nc2cccc(C)n2)c1. The third-order valence-electron chi connectivity index (χ3n) is 3.93. The van der Waals surface area contributed by atoms with Gasteiger partial charge in [-0.1, -0.05) is 26.0 Å². The Morgan fingerprint density at radius 2 is 1.81 bits per heavy atom. The predicted octanol–water partition coefficient (Wildman–Crippen LogP) is 3.54. The topological polar surface area (TPSA) is 74.3 Å². The van der Waals surface area contributed by atoms with E-state index >= 15 is 0 Å². The van der Waals surface area contributed by atoms with Crippen LogP contribution in [0.25, 0.3) is 0 Å². The molecule has 2 N–H and O–H groups in total. The molecule has 140 valence electrons. The average molecular weight is 393 g/mol. The number of thiocarbonyl (C=S) groups is 1. The normalized spacial score (nSPS) is 11.4. The molecule has 0 saturated heterocycles. The van der Waals surface area contributed by atoms with Gasteiger partial charge in [0.2, 0.25) is 10.0 Å². The molecule has 0 aliphatic rings. The predicted molar refractivity (Wildman–Crippen MR) is 110 cm³/mol. The highest BCUT2D eigenvalue weighted by molar-refractivity contribution is 7.89. The highest BCUT2D eigenvalue weighted by Crippen LogP contribution is 2.23.